The highest BCUT2D eigenvalue weighted by atomic mass is 35.5. The predicted molar refractivity (Wildman–Crippen MR) is 73.9 cm³/mol. The van der Waals surface area contributed by atoms with Gasteiger partial charge in [0.25, 0.3) is 0 Å². The molecule has 1 saturated carbocycles. The molecule has 3 N–H and O–H groups in total. The van der Waals surface area contributed by atoms with E-state index < -0.39 is 18.2 Å². The Morgan fingerprint density at radius 2 is 2.19 bits per heavy atom. The van der Waals surface area contributed by atoms with Gasteiger partial charge in [0.2, 0.25) is 0 Å². The first kappa shape index (κ1) is 15.8. The molecule has 0 spiro atoms. The van der Waals surface area contributed by atoms with Gasteiger partial charge in [0.15, 0.2) is 0 Å². The van der Waals surface area contributed by atoms with Crippen LogP contribution in [0.4, 0.5) is 19.3 Å². The molecule has 0 aliphatic heterocycles. The summed E-state index contributed by atoms with van der Waals surface area (Å²) in [5.74, 6) is -0.220. The molecule has 1 aromatic carbocycles. The number of amides is 2. The van der Waals surface area contributed by atoms with Gasteiger partial charge in [-0.1, -0.05) is 11.6 Å². The largest absolute Gasteiger partial charge is 0.433 e. The molecule has 1 aliphatic carbocycles. The van der Waals surface area contributed by atoms with Gasteiger partial charge in [0.05, 0.1) is 10.6 Å². The van der Waals surface area contributed by atoms with Crippen LogP contribution in [0.2, 0.25) is 5.02 Å². The smallest absolute Gasteiger partial charge is 0.387 e. The summed E-state index contributed by atoms with van der Waals surface area (Å²) < 4.78 is 28.6. The maximum Gasteiger partial charge on any atom is 0.387 e. The van der Waals surface area contributed by atoms with Crippen LogP contribution in [0.1, 0.15) is 19.3 Å². The second-order valence-electron chi connectivity index (χ2n) is 4.91. The minimum atomic E-state index is -3.00. The Morgan fingerprint density at radius 1 is 1.48 bits per heavy atom. The first-order chi connectivity index (χ1) is 9.88. The zero-order chi connectivity index (χ0) is 15.5. The number of carbonyl (C=O) groups is 1. The SMILES string of the molecule is O=C(NCC1(O)CCC1)Nc1ccc(Cl)c(OC(F)F)c1. The van der Waals surface area contributed by atoms with Crippen molar-refractivity contribution in [3.8, 4) is 5.75 Å². The van der Waals surface area contributed by atoms with Crippen LogP contribution in [-0.4, -0.2) is 29.9 Å². The zero-order valence-electron chi connectivity index (χ0n) is 11.0. The number of benzene rings is 1. The van der Waals surface area contributed by atoms with Gasteiger partial charge in [0.1, 0.15) is 5.75 Å². The Hall–Kier alpha value is -1.60. The summed E-state index contributed by atoms with van der Waals surface area (Å²) in [7, 11) is 0. The lowest BCUT2D eigenvalue weighted by Crippen LogP contribution is -2.48. The van der Waals surface area contributed by atoms with E-state index in [-0.39, 0.29) is 23.0 Å². The maximum absolute atomic E-state index is 12.2. The van der Waals surface area contributed by atoms with Crippen molar-refractivity contribution in [1.29, 1.82) is 0 Å². The number of aliphatic hydroxyl groups is 1. The van der Waals surface area contributed by atoms with Gasteiger partial charge < -0.3 is 20.5 Å². The zero-order valence-corrected chi connectivity index (χ0v) is 11.8. The highest BCUT2D eigenvalue weighted by Crippen LogP contribution is 2.31. The summed E-state index contributed by atoms with van der Waals surface area (Å²) in [6.45, 7) is -2.85. The number of hydrogen-bond donors (Lipinski definition) is 3. The lowest BCUT2D eigenvalue weighted by molar-refractivity contribution is -0.0497. The molecule has 0 radical (unpaired) electrons. The van der Waals surface area contributed by atoms with E-state index in [0.29, 0.717) is 12.8 Å². The second-order valence-corrected chi connectivity index (χ2v) is 5.32. The highest BCUT2D eigenvalue weighted by molar-refractivity contribution is 6.32. The molecule has 1 aromatic rings. The van der Waals surface area contributed by atoms with Crippen molar-refractivity contribution in [1.82, 2.24) is 5.32 Å². The van der Waals surface area contributed by atoms with E-state index in [9.17, 15) is 18.7 Å². The average molecular weight is 321 g/mol. The van der Waals surface area contributed by atoms with Crippen LogP contribution in [0.15, 0.2) is 18.2 Å². The number of anilines is 1. The third kappa shape index (κ3) is 4.44. The molecule has 1 aliphatic rings. The van der Waals surface area contributed by atoms with Crippen molar-refractivity contribution in [2.24, 2.45) is 0 Å². The number of rotatable bonds is 5. The van der Waals surface area contributed by atoms with Crippen molar-refractivity contribution < 1.29 is 23.4 Å². The molecular formula is C13H15ClF2N2O3. The fourth-order valence-corrected chi connectivity index (χ4v) is 2.11. The number of nitrogens with one attached hydrogen (secondary N) is 2. The van der Waals surface area contributed by atoms with Crippen LogP contribution < -0.4 is 15.4 Å². The molecule has 21 heavy (non-hydrogen) atoms. The van der Waals surface area contributed by atoms with Crippen molar-refractivity contribution >= 4 is 23.3 Å². The number of halogens is 3. The molecular weight excluding hydrogens is 306 g/mol. The lowest BCUT2D eigenvalue weighted by atomic mass is 9.80. The van der Waals surface area contributed by atoms with Gasteiger partial charge in [-0.2, -0.15) is 8.78 Å². The Labute approximate surface area is 125 Å². The van der Waals surface area contributed by atoms with E-state index in [1.165, 1.54) is 18.2 Å². The van der Waals surface area contributed by atoms with Gasteiger partial charge >= 0.3 is 12.6 Å². The standard InChI is InChI=1S/C13H15ClF2N2O3/c14-9-3-2-8(6-10(9)21-11(15)16)18-12(19)17-7-13(20)4-1-5-13/h2-3,6,11,20H,1,4-5,7H2,(H2,17,18,19). The molecule has 2 rings (SSSR count). The molecule has 5 nitrogen and oxygen atoms in total. The molecule has 0 atom stereocenters. The topological polar surface area (TPSA) is 70.6 Å². The summed E-state index contributed by atoms with van der Waals surface area (Å²) in [4.78, 5) is 11.7. The average Bonchev–Trinajstić information content (AvgIpc) is 2.37. The van der Waals surface area contributed by atoms with Gasteiger partial charge in [-0.25, -0.2) is 4.79 Å². The van der Waals surface area contributed by atoms with Crippen LogP contribution in [0.3, 0.4) is 0 Å². The third-order valence-electron chi connectivity index (χ3n) is 3.27. The molecule has 0 bridgehead atoms. The highest BCUT2D eigenvalue weighted by Gasteiger charge is 2.34. The molecule has 0 heterocycles. The van der Waals surface area contributed by atoms with Crippen LogP contribution in [-0.2, 0) is 0 Å². The van der Waals surface area contributed by atoms with E-state index in [1.807, 2.05) is 0 Å². The van der Waals surface area contributed by atoms with Crippen LogP contribution in [0, 0.1) is 0 Å². The third-order valence-corrected chi connectivity index (χ3v) is 3.58. The van der Waals surface area contributed by atoms with E-state index >= 15 is 0 Å². The summed E-state index contributed by atoms with van der Waals surface area (Å²) in [5.41, 5.74) is -0.575. The molecule has 0 aromatic heterocycles. The number of hydrogen-bond acceptors (Lipinski definition) is 3. The quantitative estimate of drug-likeness (QED) is 0.781. The van der Waals surface area contributed by atoms with Crippen molar-refractivity contribution in [2.75, 3.05) is 11.9 Å². The number of alkyl halides is 2. The summed E-state index contributed by atoms with van der Waals surface area (Å²) in [6.07, 6.45) is 2.24. The fourth-order valence-electron chi connectivity index (χ4n) is 1.95. The van der Waals surface area contributed by atoms with E-state index in [0.717, 1.165) is 6.42 Å². The van der Waals surface area contributed by atoms with E-state index in [2.05, 4.69) is 15.4 Å². The molecule has 116 valence electrons. The molecule has 2 amide bonds. The van der Waals surface area contributed by atoms with E-state index in [1.54, 1.807) is 0 Å². The van der Waals surface area contributed by atoms with Crippen LogP contribution in [0.25, 0.3) is 0 Å². The summed E-state index contributed by atoms with van der Waals surface area (Å²) in [6, 6.07) is 3.46. The van der Waals surface area contributed by atoms with Crippen molar-refractivity contribution in [2.45, 2.75) is 31.5 Å². The van der Waals surface area contributed by atoms with Gasteiger partial charge in [-0.3, -0.25) is 0 Å². The number of urea groups is 1. The van der Waals surface area contributed by atoms with Crippen LogP contribution in [0.5, 0.6) is 5.75 Å². The Bertz CT molecular complexity index is 524. The second kappa shape index (κ2) is 6.44. The number of carbonyl (C=O) groups excluding carboxylic acids is 1. The molecule has 1 fully saturated rings. The Kier molecular flexibility index (Phi) is 4.84. The predicted octanol–water partition coefficient (Wildman–Crippen LogP) is 2.98. The minimum Gasteiger partial charge on any atom is -0.433 e. The fraction of sp³-hybridized carbons (Fsp3) is 0.462. The Balaban J connectivity index is 1.90. The van der Waals surface area contributed by atoms with Crippen molar-refractivity contribution in [3.63, 3.8) is 0 Å². The summed E-state index contributed by atoms with van der Waals surface area (Å²) >= 11 is 5.70. The Morgan fingerprint density at radius 3 is 2.76 bits per heavy atom. The summed E-state index contributed by atoms with van der Waals surface area (Å²) in [5, 5.41) is 14.8. The normalized spacial score (nSPS) is 16.2. The van der Waals surface area contributed by atoms with Gasteiger partial charge in [0, 0.05) is 18.3 Å². The molecule has 0 unspecified atom stereocenters. The minimum absolute atomic E-state index is 0.0186. The molecule has 8 heteroatoms. The van der Waals surface area contributed by atoms with Gasteiger partial charge in [-0.15, -0.1) is 0 Å². The molecule has 0 saturated heterocycles. The van der Waals surface area contributed by atoms with Gasteiger partial charge in [-0.05, 0) is 31.4 Å². The lowest BCUT2D eigenvalue weighted by Gasteiger charge is -2.36. The van der Waals surface area contributed by atoms with E-state index in [4.69, 9.17) is 11.6 Å². The monoisotopic (exact) mass is 320 g/mol. The van der Waals surface area contributed by atoms with Crippen molar-refractivity contribution in [3.05, 3.63) is 23.2 Å². The van der Waals surface area contributed by atoms with Crippen LogP contribution >= 0.6 is 11.6 Å². The maximum atomic E-state index is 12.2. The first-order valence-electron chi connectivity index (χ1n) is 6.40. The first-order valence-corrected chi connectivity index (χ1v) is 6.77. The number of ether oxygens (including phenoxy) is 1.